The van der Waals surface area contributed by atoms with Gasteiger partial charge in [0.1, 0.15) is 43.2 Å². The van der Waals surface area contributed by atoms with Crippen molar-refractivity contribution in [2.45, 2.75) is 172 Å². The second kappa shape index (κ2) is 40.8. The van der Waals surface area contributed by atoms with Crippen molar-refractivity contribution in [2.75, 3.05) is 13.2 Å². The molecule has 7 N–H and O–H groups in total. The Morgan fingerprint density at radius 1 is 0.544 bits per heavy atom. The zero-order valence-electron chi connectivity index (χ0n) is 40.2. The van der Waals surface area contributed by atoms with E-state index in [-0.39, 0.29) is 12.8 Å². The first-order valence-corrected chi connectivity index (χ1v) is 25.6. The van der Waals surface area contributed by atoms with Crippen LogP contribution in [0, 0.1) is 0 Å². The molecule has 0 spiro atoms. The molecule has 0 saturated heterocycles. The summed E-state index contributed by atoms with van der Waals surface area (Å²) in [5.41, 5.74) is 0. The van der Waals surface area contributed by atoms with Crippen molar-refractivity contribution in [1.82, 2.24) is 0 Å². The first kappa shape index (κ1) is 62.0. The highest BCUT2D eigenvalue weighted by Gasteiger charge is 2.51. The van der Waals surface area contributed by atoms with Gasteiger partial charge in [-0.2, -0.15) is 0 Å². The topological polar surface area (TPSA) is 230 Å². The van der Waals surface area contributed by atoms with E-state index in [0.29, 0.717) is 38.5 Å². The molecular formula is C53H81O14P. The molecule has 1 rings (SSSR count). The first-order valence-electron chi connectivity index (χ1n) is 24.1. The number of hydrogen-bond donors (Lipinski definition) is 7. The normalized spacial score (nSPS) is 22.7. The number of phosphoric acid groups is 1. The zero-order chi connectivity index (χ0) is 50.1. The first-order chi connectivity index (χ1) is 32.8. The maximum absolute atomic E-state index is 12.8. The monoisotopic (exact) mass is 973 g/mol. The minimum Gasteiger partial charge on any atom is -0.462 e. The van der Waals surface area contributed by atoms with Crippen LogP contribution in [0.3, 0.4) is 0 Å². The predicted octanol–water partition coefficient (Wildman–Crippen LogP) is 8.91. The number of unbranched alkanes of at least 4 members (excludes halogenated alkanes) is 3. The van der Waals surface area contributed by atoms with Gasteiger partial charge < -0.3 is 45.0 Å². The number of carbonyl (C=O) groups excluding carboxylic acids is 2. The molecule has 1 saturated carbocycles. The van der Waals surface area contributed by atoms with E-state index in [1.54, 1.807) is 12.2 Å². The lowest BCUT2D eigenvalue weighted by Crippen LogP contribution is -2.64. The zero-order valence-corrected chi connectivity index (χ0v) is 41.1. The minimum absolute atomic E-state index is 0.00866. The summed E-state index contributed by atoms with van der Waals surface area (Å²) < 4.78 is 33.4. The minimum atomic E-state index is -5.18. The second-order valence-electron chi connectivity index (χ2n) is 16.1. The summed E-state index contributed by atoms with van der Waals surface area (Å²) in [6.07, 6.45) is 42.6. The van der Waals surface area contributed by atoms with Crippen LogP contribution in [-0.4, -0.2) is 110 Å². The maximum atomic E-state index is 12.8. The third-order valence-corrected chi connectivity index (χ3v) is 11.1. The number of allylic oxidation sites excluding steroid dienone is 20. The van der Waals surface area contributed by atoms with Crippen molar-refractivity contribution in [2.24, 2.45) is 0 Å². The van der Waals surface area contributed by atoms with Gasteiger partial charge in [-0.25, -0.2) is 4.57 Å². The summed E-state index contributed by atoms with van der Waals surface area (Å²) >= 11 is 0. The van der Waals surface area contributed by atoms with Gasteiger partial charge in [0.15, 0.2) is 6.10 Å². The van der Waals surface area contributed by atoms with Crippen molar-refractivity contribution in [1.29, 1.82) is 0 Å². The SMILES string of the molecule is CC/C=C\C/C=C\CC(O)/C=C/C=C\C/C=C\C/C=C\CCC(=O)O[C@H](COC(=O)CC/C=C\C/C=C\C/C=C\C/C=C\C/C=C\CCCCC)COP(=O)(O)OC1[C@H](O)[C@H](O)C(O)[C@H](O)[C@H]1O. The van der Waals surface area contributed by atoms with Crippen molar-refractivity contribution in [3.8, 4) is 0 Å². The van der Waals surface area contributed by atoms with E-state index in [0.717, 1.165) is 38.5 Å². The molecule has 1 aliphatic carbocycles. The van der Waals surface area contributed by atoms with Gasteiger partial charge in [0.2, 0.25) is 0 Å². The molecule has 14 nitrogen and oxygen atoms in total. The molecule has 0 aromatic heterocycles. The molecule has 0 aromatic carbocycles. The summed E-state index contributed by atoms with van der Waals surface area (Å²) in [4.78, 5) is 35.7. The van der Waals surface area contributed by atoms with Crippen LogP contribution in [0.2, 0.25) is 0 Å². The third-order valence-electron chi connectivity index (χ3n) is 10.1. The number of carbonyl (C=O) groups is 2. The lowest BCUT2D eigenvalue weighted by Gasteiger charge is -2.41. The summed E-state index contributed by atoms with van der Waals surface area (Å²) in [7, 11) is -5.18. The van der Waals surface area contributed by atoms with E-state index in [1.807, 2.05) is 66.8 Å². The Morgan fingerprint density at radius 3 is 1.53 bits per heavy atom. The van der Waals surface area contributed by atoms with Gasteiger partial charge in [0, 0.05) is 12.8 Å². The van der Waals surface area contributed by atoms with Crippen molar-refractivity contribution in [3.05, 3.63) is 134 Å². The lowest BCUT2D eigenvalue weighted by atomic mass is 9.85. The molecule has 0 aliphatic heterocycles. The smallest absolute Gasteiger partial charge is 0.462 e. The molecule has 9 atom stereocenters. The molecule has 1 fully saturated rings. The van der Waals surface area contributed by atoms with Crippen LogP contribution >= 0.6 is 7.82 Å². The number of ether oxygens (including phenoxy) is 2. The summed E-state index contributed by atoms with van der Waals surface area (Å²) in [6.45, 7) is 2.95. The largest absolute Gasteiger partial charge is 0.472 e. The summed E-state index contributed by atoms with van der Waals surface area (Å²) in [6, 6.07) is 0. The molecule has 0 bridgehead atoms. The number of aliphatic hydroxyl groups excluding tert-OH is 6. The van der Waals surface area contributed by atoms with Gasteiger partial charge in [-0.1, -0.05) is 160 Å². The number of phosphoric ester groups is 1. The summed E-state index contributed by atoms with van der Waals surface area (Å²) in [5.74, 6) is -1.34. The fraction of sp³-hybridized carbons (Fsp3) is 0.547. The highest BCUT2D eigenvalue weighted by atomic mass is 31.2. The number of rotatable bonds is 37. The molecule has 382 valence electrons. The molecule has 0 radical (unpaired) electrons. The van der Waals surface area contributed by atoms with Crippen LogP contribution in [0.15, 0.2) is 134 Å². The lowest BCUT2D eigenvalue weighted by molar-refractivity contribution is -0.220. The van der Waals surface area contributed by atoms with Crippen molar-refractivity contribution >= 4 is 19.8 Å². The van der Waals surface area contributed by atoms with Gasteiger partial charge >= 0.3 is 19.8 Å². The van der Waals surface area contributed by atoms with Crippen LogP contribution in [-0.2, 0) is 32.7 Å². The van der Waals surface area contributed by atoms with Crippen LogP contribution in [0.5, 0.6) is 0 Å². The number of hydrogen-bond acceptors (Lipinski definition) is 13. The highest BCUT2D eigenvalue weighted by molar-refractivity contribution is 7.47. The molecular weight excluding hydrogens is 892 g/mol. The molecule has 4 unspecified atom stereocenters. The quantitative estimate of drug-likeness (QED) is 0.0101. The Kier molecular flexibility index (Phi) is 37.2. The van der Waals surface area contributed by atoms with E-state index >= 15 is 0 Å². The standard InChI is InChI=1S/C53H81O14P/c1-3-5-7-9-11-12-13-14-15-16-17-18-19-20-21-25-28-32-36-40-46(55)64-42-45(43-65-68(62,63)67-53-51(60)49(58)48(57)50(59)52(53)61)66-47(56)41-37-33-29-26-23-22-24-27-31-35-39-44(54)38-34-30-10-8-6-4-2/h6,8,11-12,14-15,17-18,20-23,27-35,39,44-45,48-54,57-61H,3-5,7,9-10,13,16,19,24-26,36-38,40-43H2,1-2H3,(H,62,63)/b8-6-,12-11-,15-14-,18-17-,21-20-,23-22-,31-27-,32-28-,33-29-,34-30-,39-35+/t44?,45-,48?,49-,50+,51-,52-,53?/m1/s1. The maximum Gasteiger partial charge on any atom is 0.472 e. The highest BCUT2D eigenvalue weighted by Crippen LogP contribution is 2.47. The molecule has 0 heterocycles. The van der Waals surface area contributed by atoms with E-state index in [1.165, 1.54) is 19.3 Å². The molecule has 0 amide bonds. The molecule has 15 heteroatoms. The average molecular weight is 973 g/mol. The van der Waals surface area contributed by atoms with Crippen LogP contribution in [0.1, 0.15) is 123 Å². The predicted molar refractivity (Wildman–Crippen MR) is 268 cm³/mol. The fourth-order valence-corrected chi connectivity index (χ4v) is 7.17. The van der Waals surface area contributed by atoms with Crippen molar-refractivity contribution < 1.29 is 68.2 Å². The van der Waals surface area contributed by atoms with Gasteiger partial charge in [0.05, 0.1) is 12.7 Å². The third kappa shape index (κ3) is 32.7. The Morgan fingerprint density at radius 2 is 1.00 bits per heavy atom. The Balaban J connectivity index is 2.59. The summed E-state index contributed by atoms with van der Waals surface area (Å²) in [5, 5.41) is 60.2. The average Bonchev–Trinajstić information content (AvgIpc) is 3.32. The van der Waals surface area contributed by atoms with Gasteiger partial charge in [-0.15, -0.1) is 0 Å². The number of aliphatic hydroxyl groups is 6. The number of esters is 2. The Bertz CT molecular complexity index is 1710. The van der Waals surface area contributed by atoms with Crippen LogP contribution in [0.4, 0.5) is 0 Å². The van der Waals surface area contributed by atoms with Crippen molar-refractivity contribution in [3.63, 3.8) is 0 Å². The van der Waals surface area contributed by atoms with Gasteiger partial charge in [-0.05, 0) is 83.5 Å². The van der Waals surface area contributed by atoms with Gasteiger partial charge in [0.25, 0.3) is 0 Å². The van der Waals surface area contributed by atoms with E-state index in [9.17, 15) is 49.7 Å². The van der Waals surface area contributed by atoms with E-state index in [2.05, 4.69) is 68.5 Å². The van der Waals surface area contributed by atoms with Gasteiger partial charge in [-0.3, -0.25) is 18.6 Å². The fourth-order valence-electron chi connectivity index (χ4n) is 6.20. The second-order valence-corrected chi connectivity index (χ2v) is 17.5. The molecule has 1 aliphatic rings. The molecule has 68 heavy (non-hydrogen) atoms. The van der Waals surface area contributed by atoms with Crippen LogP contribution < -0.4 is 0 Å². The van der Waals surface area contributed by atoms with Crippen LogP contribution in [0.25, 0.3) is 0 Å². The Hall–Kier alpha value is -4.05. The van der Waals surface area contributed by atoms with E-state index in [4.69, 9.17) is 18.5 Å². The van der Waals surface area contributed by atoms with E-state index < -0.39 is 81.8 Å². The molecule has 0 aromatic rings. The Labute approximate surface area is 405 Å².